The van der Waals surface area contributed by atoms with Crippen LogP contribution in [0.1, 0.15) is 31.1 Å². The Morgan fingerprint density at radius 1 is 1.33 bits per heavy atom. The van der Waals surface area contributed by atoms with Crippen molar-refractivity contribution in [2.45, 2.75) is 31.7 Å². The molecule has 1 aromatic carbocycles. The van der Waals surface area contributed by atoms with Gasteiger partial charge >= 0.3 is 6.18 Å². The van der Waals surface area contributed by atoms with Crippen LogP contribution >= 0.6 is 0 Å². The molecular weight excluding hydrogens is 243 g/mol. The van der Waals surface area contributed by atoms with Crippen molar-refractivity contribution in [3.8, 4) is 0 Å². The van der Waals surface area contributed by atoms with Gasteiger partial charge in [-0.2, -0.15) is 13.2 Å². The molecule has 0 bridgehead atoms. The van der Waals surface area contributed by atoms with Crippen LogP contribution in [0, 0.1) is 0 Å². The van der Waals surface area contributed by atoms with Crippen molar-refractivity contribution in [3.05, 3.63) is 35.4 Å². The Bertz CT molecular complexity index is 418. The number of alkyl halides is 3. The number of ether oxygens (including phenoxy) is 1. The molecule has 100 valence electrons. The van der Waals surface area contributed by atoms with E-state index in [0.717, 1.165) is 12.1 Å². The molecule has 0 radical (unpaired) electrons. The first kappa shape index (κ1) is 13.4. The predicted octanol–water partition coefficient (Wildman–Crippen LogP) is 3.14. The topological polar surface area (TPSA) is 21.3 Å². The predicted molar refractivity (Wildman–Crippen MR) is 62.2 cm³/mol. The Kier molecular flexibility index (Phi) is 3.38. The minimum absolute atomic E-state index is 0.127. The summed E-state index contributed by atoms with van der Waals surface area (Å²) in [6.45, 7) is 4.99. The molecule has 5 heteroatoms. The van der Waals surface area contributed by atoms with E-state index < -0.39 is 11.7 Å². The number of hydrogen-bond acceptors (Lipinski definition) is 2. The van der Waals surface area contributed by atoms with Gasteiger partial charge in [-0.25, -0.2) is 0 Å². The minimum Gasteiger partial charge on any atom is -0.370 e. The summed E-state index contributed by atoms with van der Waals surface area (Å²) in [5.41, 5.74) is -0.195. The zero-order valence-corrected chi connectivity index (χ0v) is 10.3. The van der Waals surface area contributed by atoms with Crippen LogP contribution < -0.4 is 5.32 Å². The first-order valence-corrected chi connectivity index (χ1v) is 5.82. The molecule has 0 aliphatic carbocycles. The maximum absolute atomic E-state index is 12.6. The monoisotopic (exact) mass is 259 g/mol. The molecule has 0 amide bonds. The van der Waals surface area contributed by atoms with E-state index in [2.05, 4.69) is 5.32 Å². The molecule has 0 spiro atoms. The second-order valence-corrected chi connectivity index (χ2v) is 5.19. The van der Waals surface area contributed by atoms with E-state index in [-0.39, 0.29) is 11.6 Å². The molecule has 0 saturated carbocycles. The van der Waals surface area contributed by atoms with Gasteiger partial charge in [-0.1, -0.05) is 12.1 Å². The number of rotatable bonds is 1. The van der Waals surface area contributed by atoms with Crippen LogP contribution in [0.3, 0.4) is 0 Å². The SMILES string of the molecule is CC1(C)CO[C@H](c2cccc(C(F)(F)F)c2)CN1. The number of hydrogen-bond donors (Lipinski definition) is 1. The minimum atomic E-state index is -4.31. The lowest BCUT2D eigenvalue weighted by molar-refractivity contribution is -0.137. The van der Waals surface area contributed by atoms with E-state index >= 15 is 0 Å². The lowest BCUT2D eigenvalue weighted by atomic mass is 10.00. The Labute approximate surface area is 104 Å². The highest BCUT2D eigenvalue weighted by Crippen LogP contribution is 2.32. The number of halogens is 3. The van der Waals surface area contributed by atoms with Gasteiger partial charge in [0.25, 0.3) is 0 Å². The molecule has 2 rings (SSSR count). The number of morpholine rings is 1. The van der Waals surface area contributed by atoms with Gasteiger partial charge in [0.05, 0.1) is 18.3 Å². The van der Waals surface area contributed by atoms with Gasteiger partial charge in [0.1, 0.15) is 0 Å². The summed E-state index contributed by atoms with van der Waals surface area (Å²) in [5.74, 6) is 0. The molecule has 0 unspecified atom stereocenters. The molecule has 1 aliphatic rings. The van der Waals surface area contributed by atoms with Gasteiger partial charge in [0, 0.05) is 12.1 Å². The highest BCUT2D eigenvalue weighted by Gasteiger charge is 2.32. The van der Waals surface area contributed by atoms with Crippen LogP contribution in [0.25, 0.3) is 0 Å². The van der Waals surface area contributed by atoms with E-state index in [1.165, 1.54) is 6.07 Å². The fourth-order valence-corrected chi connectivity index (χ4v) is 1.92. The molecule has 1 N–H and O–H groups in total. The average Bonchev–Trinajstić information content (AvgIpc) is 2.28. The van der Waals surface area contributed by atoms with Crippen molar-refractivity contribution in [2.75, 3.05) is 13.2 Å². The number of benzene rings is 1. The van der Waals surface area contributed by atoms with Crippen LogP contribution in [0.5, 0.6) is 0 Å². The normalized spacial score (nSPS) is 23.9. The maximum atomic E-state index is 12.6. The van der Waals surface area contributed by atoms with E-state index in [1.807, 2.05) is 13.8 Å². The molecule has 1 aromatic rings. The van der Waals surface area contributed by atoms with Crippen LogP contribution in [-0.4, -0.2) is 18.7 Å². The van der Waals surface area contributed by atoms with E-state index in [9.17, 15) is 13.2 Å². The molecule has 1 saturated heterocycles. The lowest BCUT2D eigenvalue weighted by Gasteiger charge is -2.36. The molecule has 1 fully saturated rings. The highest BCUT2D eigenvalue weighted by molar-refractivity contribution is 5.27. The van der Waals surface area contributed by atoms with Gasteiger partial charge in [-0.05, 0) is 31.5 Å². The van der Waals surface area contributed by atoms with E-state index in [4.69, 9.17) is 4.74 Å². The molecule has 1 aliphatic heterocycles. The maximum Gasteiger partial charge on any atom is 0.416 e. The van der Waals surface area contributed by atoms with Crippen molar-refractivity contribution in [1.29, 1.82) is 0 Å². The second-order valence-electron chi connectivity index (χ2n) is 5.19. The first-order valence-electron chi connectivity index (χ1n) is 5.82. The highest BCUT2D eigenvalue weighted by atomic mass is 19.4. The standard InChI is InChI=1S/C13H16F3NO/c1-12(2)8-18-11(7-17-12)9-4-3-5-10(6-9)13(14,15)16/h3-6,11,17H,7-8H2,1-2H3/t11-/m0/s1. The summed E-state index contributed by atoms with van der Waals surface area (Å²) in [5, 5.41) is 3.26. The largest absolute Gasteiger partial charge is 0.416 e. The molecule has 1 heterocycles. The van der Waals surface area contributed by atoms with E-state index in [0.29, 0.717) is 18.7 Å². The summed E-state index contributed by atoms with van der Waals surface area (Å²) in [6.07, 6.45) is -4.63. The second kappa shape index (κ2) is 4.55. The molecular formula is C13H16F3NO. The van der Waals surface area contributed by atoms with Crippen molar-refractivity contribution in [1.82, 2.24) is 5.32 Å². The smallest absolute Gasteiger partial charge is 0.370 e. The molecule has 1 atom stereocenters. The Balaban J connectivity index is 2.15. The molecule has 0 aromatic heterocycles. The van der Waals surface area contributed by atoms with Gasteiger partial charge in [-0.3, -0.25) is 0 Å². The molecule has 2 nitrogen and oxygen atoms in total. The first-order chi connectivity index (χ1) is 8.28. The average molecular weight is 259 g/mol. The van der Waals surface area contributed by atoms with Crippen LogP contribution in [0.15, 0.2) is 24.3 Å². The van der Waals surface area contributed by atoms with Gasteiger partial charge < -0.3 is 10.1 Å². The third kappa shape index (κ3) is 3.03. The fourth-order valence-electron chi connectivity index (χ4n) is 1.92. The van der Waals surface area contributed by atoms with E-state index in [1.54, 1.807) is 6.07 Å². The van der Waals surface area contributed by atoms with Crippen LogP contribution in [-0.2, 0) is 10.9 Å². The summed E-state index contributed by atoms with van der Waals surface area (Å²) in [7, 11) is 0. The molecule has 18 heavy (non-hydrogen) atoms. The third-order valence-corrected chi connectivity index (χ3v) is 3.00. The Hall–Kier alpha value is -1.07. The Morgan fingerprint density at radius 2 is 2.06 bits per heavy atom. The summed E-state index contributed by atoms with van der Waals surface area (Å²) < 4.78 is 43.4. The lowest BCUT2D eigenvalue weighted by Crippen LogP contribution is -2.50. The quantitative estimate of drug-likeness (QED) is 0.836. The van der Waals surface area contributed by atoms with Crippen molar-refractivity contribution in [3.63, 3.8) is 0 Å². The number of nitrogens with one attached hydrogen (secondary N) is 1. The zero-order valence-electron chi connectivity index (χ0n) is 10.3. The van der Waals surface area contributed by atoms with Crippen molar-refractivity contribution < 1.29 is 17.9 Å². The van der Waals surface area contributed by atoms with Gasteiger partial charge in [-0.15, -0.1) is 0 Å². The van der Waals surface area contributed by atoms with Crippen LogP contribution in [0.4, 0.5) is 13.2 Å². The van der Waals surface area contributed by atoms with Crippen molar-refractivity contribution >= 4 is 0 Å². The van der Waals surface area contributed by atoms with Crippen LogP contribution in [0.2, 0.25) is 0 Å². The third-order valence-electron chi connectivity index (χ3n) is 3.00. The summed E-state index contributed by atoms with van der Waals surface area (Å²) >= 11 is 0. The summed E-state index contributed by atoms with van der Waals surface area (Å²) in [6, 6.07) is 5.32. The van der Waals surface area contributed by atoms with Crippen molar-refractivity contribution in [2.24, 2.45) is 0 Å². The van der Waals surface area contributed by atoms with Gasteiger partial charge in [0.15, 0.2) is 0 Å². The van der Waals surface area contributed by atoms with Gasteiger partial charge in [0.2, 0.25) is 0 Å². The zero-order chi connectivity index (χ0) is 13.4. The summed E-state index contributed by atoms with van der Waals surface area (Å²) in [4.78, 5) is 0. The Morgan fingerprint density at radius 3 is 2.61 bits per heavy atom. The fraction of sp³-hybridized carbons (Fsp3) is 0.538.